The van der Waals surface area contributed by atoms with Crippen molar-refractivity contribution in [3.8, 4) is 17.6 Å². The Morgan fingerprint density at radius 3 is 2.47 bits per heavy atom. The minimum absolute atomic E-state index is 0.0291. The third-order valence-corrected chi connectivity index (χ3v) is 5.70. The zero-order chi connectivity index (χ0) is 22.9. The van der Waals surface area contributed by atoms with Gasteiger partial charge in [0.1, 0.15) is 41.4 Å². The normalized spacial score (nSPS) is 11.0. The Morgan fingerprint density at radius 2 is 1.84 bits per heavy atom. The number of hydrogen-bond acceptors (Lipinski definition) is 7. The van der Waals surface area contributed by atoms with Gasteiger partial charge in [0.25, 0.3) is 5.91 Å². The van der Waals surface area contributed by atoms with Gasteiger partial charge in [-0.15, -0.1) is 10.2 Å². The molecule has 0 atom stereocenters. The second kappa shape index (κ2) is 11.3. The number of carbonyl (C=O) groups excluding carboxylic acids is 1. The van der Waals surface area contributed by atoms with Crippen LogP contribution in [0.15, 0.2) is 48.0 Å². The first kappa shape index (κ1) is 23.3. The maximum absolute atomic E-state index is 12.3. The minimum Gasteiger partial charge on any atom is -0.490 e. The number of hydrogen-bond donors (Lipinski definition) is 1. The topological polar surface area (TPSA) is 97.1 Å². The number of aromatic nitrogens is 2. The van der Waals surface area contributed by atoms with Gasteiger partial charge in [0, 0.05) is 5.02 Å². The van der Waals surface area contributed by atoms with E-state index in [9.17, 15) is 10.1 Å². The molecule has 3 aromatic rings. The molecule has 0 radical (unpaired) electrons. The van der Waals surface area contributed by atoms with Crippen molar-refractivity contribution in [1.29, 1.82) is 5.26 Å². The molecule has 0 aliphatic rings. The maximum Gasteiger partial charge on any atom is 0.268 e. The van der Waals surface area contributed by atoms with Crippen molar-refractivity contribution in [2.45, 2.75) is 20.3 Å². The van der Waals surface area contributed by atoms with Crippen LogP contribution in [0.2, 0.25) is 5.02 Å². The van der Waals surface area contributed by atoms with Crippen molar-refractivity contribution in [2.75, 3.05) is 18.5 Å². The highest BCUT2D eigenvalue weighted by Crippen LogP contribution is 2.21. The lowest BCUT2D eigenvalue weighted by molar-refractivity contribution is -0.112. The van der Waals surface area contributed by atoms with Gasteiger partial charge >= 0.3 is 0 Å². The van der Waals surface area contributed by atoms with Gasteiger partial charge < -0.3 is 9.47 Å². The highest BCUT2D eigenvalue weighted by Gasteiger charge is 2.12. The molecule has 0 spiro atoms. The number of benzene rings is 2. The van der Waals surface area contributed by atoms with Crippen LogP contribution in [0.4, 0.5) is 5.13 Å². The van der Waals surface area contributed by atoms with Gasteiger partial charge in [-0.25, -0.2) is 0 Å². The summed E-state index contributed by atoms with van der Waals surface area (Å²) < 4.78 is 11.3. The lowest BCUT2D eigenvalue weighted by Crippen LogP contribution is -2.13. The SMILES string of the molecule is CCc1nnc(NC(=O)C(C#N)=Cc2ccc(OCCOc3ccc(Cl)c(C)c3)cc2)s1. The van der Waals surface area contributed by atoms with Gasteiger partial charge in [0.2, 0.25) is 5.13 Å². The molecule has 7 nitrogen and oxygen atoms in total. The summed E-state index contributed by atoms with van der Waals surface area (Å²) in [6, 6.07) is 14.5. The lowest BCUT2D eigenvalue weighted by Gasteiger charge is -2.09. The number of halogens is 1. The molecule has 164 valence electrons. The minimum atomic E-state index is -0.527. The molecule has 1 aromatic heterocycles. The fourth-order valence-electron chi connectivity index (χ4n) is 2.61. The van der Waals surface area contributed by atoms with E-state index >= 15 is 0 Å². The van der Waals surface area contributed by atoms with Crippen LogP contribution < -0.4 is 14.8 Å². The van der Waals surface area contributed by atoms with Gasteiger partial charge in [-0.2, -0.15) is 5.26 Å². The number of carbonyl (C=O) groups is 1. The molecule has 0 bridgehead atoms. The quantitative estimate of drug-likeness (QED) is 0.267. The van der Waals surface area contributed by atoms with Crippen LogP contribution in [0.25, 0.3) is 6.08 Å². The number of ether oxygens (including phenoxy) is 2. The standard InChI is InChI=1S/C23H21ClN4O3S/c1-3-21-27-28-23(32-21)26-22(29)17(14-25)13-16-4-6-18(7-5-16)30-10-11-31-19-8-9-20(24)15(2)12-19/h4-9,12-13H,3,10-11H2,1-2H3,(H,26,28,29). The summed E-state index contributed by atoms with van der Waals surface area (Å²) in [4.78, 5) is 12.3. The van der Waals surface area contributed by atoms with Gasteiger partial charge in [0.15, 0.2) is 0 Å². The summed E-state index contributed by atoms with van der Waals surface area (Å²) in [5.74, 6) is 0.862. The highest BCUT2D eigenvalue weighted by molar-refractivity contribution is 7.15. The molecule has 1 N–H and O–H groups in total. The molecular weight excluding hydrogens is 448 g/mol. The van der Waals surface area contributed by atoms with Crippen LogP contribution >= 0.6 is 22.9 Å². The fraction of sp³-hybridized carbons (Fsp3) is 0.217. The number of anilines is 1. The van der Waals surface area contributed by atoms with Gasteiger partial charge in [-0.1, -0.05) is 42.0 Å². The van der Waals surface area contributed by atoms with E-state index in [1.54, 1.807) is 30.3 Å². The van der Waals surface area contributed by atoms with E-state index in [2.05, 4.69) is 15.5 Å². The Labute approximate surface area is 195 Å². The van der Waals surface area contributed by atoms with Crippen LogP contribution in [0, 0.1) is 18.3 Å². The average Bonchev–Trinajstić information content (AvgIpc) is 3.25. The molecule has 3 rings (SSSR count). The summed E-state index contributed by atoms with van der Waals surface area (Å²) in [6.45, 7) is 4.62. The molecule has 0 aliphatic heterocycles. The number of nitriles is 1. The van der Waals surface area contributed by atoms with Crippen molar-refractivity contribution in [3.63, 3.8) is 0 Å². The largest absolute Gasteiger partial charge is 0.490 e. The Kier molecular flexibility index (Phi) is 8.20. The van der Waals surface area contributed by atoms with Crippen LogP contribution in [0.3, 0.4) is 0 Å². The lowest BCUT2D eigenvalue weighted by atomic mass is 10.1. The van der Waals surface area contributed by atoms with Crippen LogP contribution in [0.5, 0.6) is 11.5 Å². The Morgan fingerprint density at radius 1 is 1.16 bits per heavy atom. The second-order valence-electron chi connectivity index (χ2n) is 6.66. The summed E-state index contributed by atoms with van der Waals surface area (Å²) in [6.07, 6.45) is 2.24. The van der Waals surface area contributed by atoms with E-state index in [1.807, 2.05) is 32.0 Å². The zero-order valence-electron chi connectivity index (χ0n) is 17.6. The zero-order valence-corrected chi connectivity index (χ0v) is 19.2. The monoisotopic (exact) mass is 468 g/mol. The molecule has 0 unspecified atom stereocenters. The second-order valence-corrected chi connectivity index (χ2v) is 8.12. The average molecular weight is 469 g/mol. The van der Waals surface area contributed by atoms with E-state index in [-0.39, 0.29) is 5.57 Å². The van der Waals surface area contributed by atoms with Crippen molar-refractivity contribution >= 4 is 40.1 Å². The molecule has 0 aliphatic carbocycles. The number of nitrogens with zero attached hydrogens (tertiary/aromatic N) is 3. The van der Waals surface area contributed by atoms with Crippen LogP contribution in [-0.2, 0) is 11.2 Å². The first-order chi connectivity index (χ1) is 15.5. The summed E-state index contributed by atoms with van der Waals surface area (Å²) in [7, 11) is 0. The van der Waals surface area contributed by atoms with Crippen molar-refractivity contribution in [3.05, 3.63) is 69.2 Å². The van der Waals surface area contributed by atoms with Gasteiger partial charge in [-0.3, -0.25) is 10.1 Å². The van der Waals surface area contributed by atoms with Gasteiger partial charge in [-0.05, 0) is 60.9 Å². The fourth-order valence-corrected chi connectivity index (χ4v) is 3.41. The Hall–Kier alpha value is -3.41. The summed E-state index contributed by atoms with van der Waals surface area (Å²) in [5, 5.41) is 21.7. The predicted octanol–water partition coefficient (Wildman–Crippen LogP) is 5.07. The first-order valence-corrected chi connectivity index (χ1v) is 11.0. The number of amides is 1. The van der Waals surface area contributed by atoms with E-state index in [0.717, 1.165) is 22.7 Å². The molecule has 1 amide bonds. The smallest absolute Gasteiger partial charge is 0.268 e. The Bertz CT molecular complexity index is 1150. The predicted molar refractivity (Wildman–Crippen MR) is 125 cm³/mol. The van der Waals surface area contributed by atoms with E-state index in [1.165, 1.54) is 17.4 Å². The van der Waals surface area contributed by atoms with Crippen LogP contribution in [-0.4, -0.2) is 29.3 Å². The van der Waals surface area contributed by atoms with Gasteiger partial charge in [0.05, 0.1) is 0 Å². The number of rotatable bonds is 9. The third-order valence-electron chi connectivity index (χ3n) is 4.30. The van der Waals surface area contributed by atoms with E-state index in [0.29, 0.717) is 34.7 Å². The third kappa shape index (κ3) is 6.54. The Balaban J connectivity index is 1.51. The first-order valence-electron chi connectivity index (χ1n) is 9.86. The molecule has 0 saturated carbocycles. The summed E-state index contributed by atoms with van der Waals surface area (Å²) in [5.41, 5.74) is 1.62. The number of aryl methyl sites for hydroxylation is 2. The van der Waals surface area contributed by atoms with Crippen molar-refractivity contribution < 1.29 is 14.3 Å². The summed E-state index contributed by atoms with van der Waals surface area (Å²) >= 11 is 7.29. The maximum atomic E-state index is 12.3. The molecule has 0 fully saturated rings. The van der Waals surface area contributed by atoms with Crippen molar-refractivity contribution in [1.82, 2.24) is 10.2 Å². The molecule has 0 saturated heterocycles. The molecule has 1 heterocycles. The molecule has 9 heteroatoms. The molecule has 2 aromatic carbocycles. The van der Waals surface area contributed by atoms with Crippen molar-refractivity contribution in [2.24, 2.45) is 0 Å². The molecule has 32 heavy (non-hydrogen) atoms. The van der Waals surface area contributed by atoms with E-state index in [4.69, 9.17) is 21.1 Å². The molecular formula is C23H21ClN4O3S. The number of nitrogens with one attached hydrogen (secondary N) is 1. The highest BCUT2D eigenvalue weighted by atomic mass is 35.5. The van der Waals surface area contributed by atoms with Crippen LogP contribution in [0.1, 0.15) is 23.1 Å². The van der Waals surface area contributed by atoms with E-state index < -0.39 is 5.91 Å².